The zero-order chi connectivity index (χ0) is 11.5. The minimum absolute atomic E-state index is 0.130. The molecule has 0 aromatic heterocycles. The predicted molar refractivity (Wildman–Crippen MR) is 64.8 cm³/mol. The molecule has 1 aliphatic heterocycles. The van der Waals surface area contributed by atoms with Gasteiger partial charge in [-0.1, -0.05) is 11.6 Å². The van der Waals surface area contributed by atoms with E-state index in [-0.39, 0.29) is 11.8 Å². The first-order valence-electron chi connectivity index (χ1n) is 5.42. The second-order valence-electron chi connectivity index (χ2n) is 4.21. The molecule has 86 valence electrons. The van der Waals surface area contributed by atoms with Crippen molar-refractivity contribution in [3.63, 3.8) is 0 Å². The molecule has 16 heavy (non-hydrogen) atoms. The van der Waals surface area contributed by atoms with Gasteiger partial charge in [-0.3, -0.25) is 9.69 Å². The van der Waals surface area contributed by atoms with Crippen LogP contribution in [-0.4, -0.2) is 36.4 Å². The van der Waals surface area contributed by atoms with Crippen molar-refractivity contribution in [3.05, 3.63) is 34.9 Å². The van der Waals surface area contributed by atoms with E-state index in [0.717, 1.165) is 19.5 Å². The fourth-order valence-corrected chi connectivity index (χ4v) is 2.06. The molecule has 3 nitrogen and oxygen atoms in total. The molecule has 0 unspecified atom stereocenters. The van der Waals surface area contributed by atoms with Gasteiger partial charge in [0, 0.05) is 29.7 Å². The highest BCUT2D eigenvalue weighted by molar-refractivity contribution is 6.30. The lowest BCUT2D eigenvalue weighted by atomic mass is 10.1. The van der Waals surface area contributed by atoms with Crippen molar-refractivity contribution in [2.45, 2.75) is 12.5 Å². The molecule has 0 amide bonds. The summed E-state index contributed by atoms with van der Waals surface area (Å²) in [7, 11) is 0. The average Bonchev–Trinajstić information content (AvgIpc) is 2.65. The first kappa shape index (κ1) is 11.6. The van der Waals surface area contributed by atoms with Crippen LogP contribution in [0.4, 0.5) is 0 Å². The Morgan fingerprint density at radius 3 is 2.69 bits per heavy atom. The number of carbonyl (C=O) groups excluding carboxylic acids is 1. The predicted octanol–water partition coefficient (Wildman–Crippen LogP) is 1.56. The molecule has 1 aromatic carbocycles. The molecule has 0 aliphatic carbocycles. The quantitative estimate of drug-likeness (QED) is 0.813. The van der Waals surface area contributed by atoms with Gasteiger partial charge < -0.3 is 5.73 Å². The van der Waals surface area contributed by atoms with E-state index in [1.807, 2.05) is 0 Å². The van der Waals surface area contributed by atoms with Gasteiger partial charge in [0.1, 0.15) is 0 Å². The maximum atomic E-state index is 11.9. The van der Waals surface area contributed by atoms with E-state index in [9.17, 15) is 4.79 Å². The summed E-state index contributed by atoms with van der Waals surface area (Å²) < 4.78 is 0. The molecular formula is C12H15ClN2O. The number of hydrogen-bond acceptors (Lipinski definition) is 3. The number of halogens is 1. The third kappa shape index (κ3) is 2.82. The van der Waals surface area contributed by atoms with Crippen LogP contribution < -0.4 is 5.73 Å². The summed E-state index contributed by atoms with van der Waals surface area (Å²) in [6.45, 7) is 2.19. The Bertz CT molecular complexity index is 377. The molecule has 0 spiro atoms. The third-order valence-corrected chi connectivity index (χ3v) is 3.09. The summed E-state index contributed by atoms with van der Waals surface area (Å²) in [6.07, 6.45) is 0.980. The smallest absolute Gasteiger partial charge is 0.176 e. The summed E-state index contributed by atoms with van der Waals surface area (Å²) in [5.41, 5.74) is 6.50. The van der Waals surface area contributed by atoms with E-state index in [4.69, 9.17) is 17.3 Å². The molecule has 2 N–H and O–H groups in total. The van der Waals surface area contributed by atoms with Crippen molar-refractivity contribution in [3.8, 4) is 0 Å². The normalized spacial score (nSPS) is 21.2. The summed E-state index contributed by atoms with van der Waals surface area (Å²) in [6, 6.07) is 7.23. The highest BCUT2D eigenvalue weighted by atomic mass is 35.5. The van der Waals surface area contributed by atoms with Crippen molar-refractivity contribution in [2.24, 2.45) is 5.73 Å². The molecule has 1 saturated heterocycles. The number of hydrogen-bond donors (Lipinski definition) is 1. The number of carbonyl (C=O) groups is 1. The molecule has 0 radical (unpaired) electrons. The fraction of sp³-hybridized carbons (Fsp3) is 0.417. The van der Waals surface area contributed by atoms with Crippen LogP contribution in [0.25, 0.3) is 0 Å². The summed E-state index contributed by atoms with van der Waals surface area (Å²) in [4.78, 5) is 14.0. The van der Waals surface area contributed by atoms with E-state index >= 15 is 0 Å². The van der Waals surface area contributed by atoms with Gasteiger partial charge >= 0.3 is 0 Å². The Morgan fingerprint density at radius 1 is 1.44 bits per heavy atom. The van der Waals surface area contributed by atoms with Crippen molar-refractivity contribution in [2.75, 3.05) is 19.6 Å². The first-order valence-corrected chi connectivity index (χ1v) is 5.79. The second-order valence-corrected chi connectivity index (χ2v) is 4.65. The van der Waals surface area contributed by atoms with Crippen LogP contribution in [0, 0.1) is 0 Å². The Labute approximate surface area is 100 Å². The summed E-state index contributed by atoms with van der Waals surface area (Å²) in [5, 5.41) is 0.653. The minimum atomic E-state index is 0.130. The molecule has 0 saturated carbocycles. The fourth-order valence-electron chi connectivity index (χ4n) is 1.94. The number of ketones is 1. The molecule has 1 aliphatic rings. The zero-order valence-electron chi connectivity index (χ0n) is 9.03. The van der Waals surface area contributed by atoms with Crippen molar-refractivity contribution >= 4 is 17.4 Å². The van der Waals surface area contributed by atoms with Gasteiger partial charge in [0.25, 0.3) is 0 Å². The first-order chi connectivity index (χ1) is 7.65. The third-order valence-electron chi connectivity index (χ3n) is 2.84. The summed E-state index contributed by atoms with van der Waals surface area (Å²) >= 11 is 5.77. The Morgan fingerprint density at radius 2 is 2.12 bits per heavy atom. The molecular weight excluding hydrogens is 224 g/mol. The van der Waals surface area contributed by atoms with Crippen LogP contribution in [0.3, 0.4) is 0 Å². The number of likely N-dealkylation sites (tertiary alicyclic amines) is 1. The Kier molecular flexibility index (Phi) is 3.59. The molecule has 1 aromatic rings. The van der Waals surface area contributed by atoms with Gasteiger partial charge in [0.05, 0.1) is 6.54 Å². The maximum Gasteiger partial charge on any atom is 0.176 e. The largest absolute Gasteiger partial charge is 0.326 e. The van der Waals surface area contributed by atoms with E-state index in [0.29, 0.717) is 17.1 Å². The van der Waals surface area contributed by atoms with Gasteiger partial charge in [-0.2, -0.15) is 0 Å². The van der Waals surface area contributed by atoms with E-state index in [1.165, 1.54) is 0 Å². The lowest BCUT2D eigenvalue weighted by Gasteiger charge is -2.13. The number of nitrogens with two attached hydrogens (primary N) is 1. The lowest BCUT2D eigenvalue weighted by molar-refractivity contribution is 0.0945. The average molecular weight is 239 g/mol. The lowest BCUT2D eigenvalue weighted by Crippen LogP contribution is -2.31. The SMILES string of the molecule is N[C@H]1CCN(CC(=O)c2ccc(Cl)cc2)C1. The Balaban J connectivity index is 1.95. The van der Waals surface area contributed by atoms with Crippen LogP contribution >= 0.6 is 11.6 Å². The van der Waals surface area contributed by atoms with E-state index in [2.05, 4.69) is 4.90 Å². The molecule has 1 heterocycles. The van der Waals surface area contributed by atoms with Crippen LogP contribution in [0.5, 0.6) is 0 Å². The van der Waals surface area contributed by atoms with Crippen LogP contribution in [-0.2, 0) is 0 Å². The number of nitrogens with zero attached hydrogens (tertiary/aromatic N) is 1. The molecule has 1 fully saturated rings. The monoisotopic (exact) mass is 238 g/mol. The van der Waals surface area contributed by atoms with Gasteiger partial charge in [-0.05, 0) is 30.7 Å². The Hall–Kier alpha value is -0.900. The van der Waals surface area contributed by atoms with Gasteiger partial charge in [0.15, 0.2) is 5.78 Å². The van der Waals surface area contributed by atoms with E-state index < -0.39 is 0 Å². The van der Waals surface area contributed by atoms with Crippen molar-refractivity contribution < 1.29 is 4.79 Å². The van der Waals surface area contributed by atoms with Crippen LogP contribution in [0.2, 0.25) is 5.02 Å². The number of rotatable bonds is 3. The minimum Gasteiger partial charge on any atom is -0.326 e. The van der Waals surface area contributed by atoms with Crippen molar-refractivity contribution in [1.29, 1.82) is 0 Å². The van der Waals surface area contributed by atoms with Gasteiger partial charge in [-0.15, -0.1) is 0 Å². The second kappa shape index (κ2) is 4.95. The summed E-state index contributed by atoms with van der Waals surface area (Å²) in [5.74, 6) is 0.130. The highest BCUT2D eigenvalue weighted by Gasteiger charge is 2.21. The van der Waals surface area contributed by atoms with Gasteiger partial charge in [-0.25, -0.2) is 0 Å². The molecule has 0 bridgehead atoms. The van der Waals surface area contributed by atoms with E-state index in [1.54, 1.807) is 24.3 Å². The molecule has 1 atom stereocenters. The van der Waals surface area contributed by atoms with Crippen LogP contribution in [0.1, 0.15) is 16.8 Å². The highest BCUT2D eigenvalue weighted by Crippen LogP contribution is 2.12. The topological polar surface area (TPSA) is 46.3 Å². The standard InChI is InChI=1S/C12H15ClN2O/c13-10-3-1-9(2-4-10)12(16)8-15-6-5-11(14)7-15/h1-4,11H,5-8,14H2/t11-/m0/s1. The molecule has 2 rings (SSSR count). The molecule has 4 heteroatoms. The van der Waals surface area contributed by atoms with Gasteiger partial charge in [0.2, 0.25) is 0 Å². The zero-order valence-corrected chi connectivity index (χ0v) is 9.78. The maximum absolute atomic E-state index is 11.9. The van der Waals surface area contributed by atoms with Crippen LogP contribution in [0.15, 0.2) is 24.3 Å². The number of benzene rings is 1. The van der Waals surface area contributed by atoms with Crippen molar-refractivity contribution in [1.82, 2.24) is 4.90 Å². The number of Topliss-reactive ketones (excluding diaryl/α,β-unsaturated/α-hetero) is 1.